The average Bonchev–Trinajstić information content (AvgIpc) is 3.33. The maximum Gasteiger partial charge on any atom is 0.158 e. The Bertz CT molecular complexity index is 988. The fourth-order valence-corrected chi connectivity index (χ4v) is 5.42. The first-order chi connectivity index (χ1) is 14.5. The number of hydrogen-bond acceptors (Lipinski definition) is 6. The second-order valence-electron chi connectivity index (χ2n) is 8.06. The largest absolute Gasteiger partial charge is 0.383 e. The zero-order valence-electron chi connectivity index (χ0n) is 18.5. The molecule has 4 rings (SSSR count). The molecule has 3 aromatic rings. The van der Waals surface area contributed by atoms with E-state index in [1.54, 1.807) is 18.4 Å². The third-order valence-electron chi connectivity index (χ3n) is 5.77. The number of aromatic nitrogens is 3. The van der Waals surface area contributed by atoms with Crippen LogP contribution in [0.15, 0.2) is 23.7 Å². The van der Waals surface area contributed by atoms with Crippen LogP contribution in [-0.2, 0) is 18.2 Å². The maximum atomic E-state index is 5.27. The van der Waals surface area contributed by atoms with Gasteiger partial charge in [0.15, 0.2) is 5.82 Å². The van der Waals surface area contributed by atoms with Crippen molar-refractivity contribution in [3.63, 3.8) is 0 Å². The molecule has 3 heterocycles. The molecular weight excluding hydrogens is 394 g/mol. The number of fused-ring (bicyclic) bond motifs is 1. The summed E-state index contributed by atoms with van der Waals surface area (Å²) < 4.78 is 7.32. The normalized spacial score (nSPS) is 14.8. The smallest absolute Gasteiger partial charge is 0.158 e. The van der Waals surface area contributed by atoms with E-state index in [2.05, 4.69) is 55.2 Å². The molecule has 0 bridgehead atoms. The highest BCUT2D eigenvalue weighted by Gasteiger charge is 2.32. The highest BCUT2D eigenvalue weighted by Crippen LogP contribution is 2.40. The van der Waals surface area contributed by atoms with Gasteiger partial charge in [-0.15, -0.1) is 11.3 Å². The Hall–Kier alpha value is -2.22. The predicted molar refractivity (Wildman–Crippen MR) is 123 cm³/mol. The molecule has 0 saturated carbocycles. The number of benzene rings is 1. The van der Waals surface area contributed by atoms with Crippen LogP contribution in [0.25, 0.3) is 0 Å². The first kappa shape index (κ1) is 21.0. The van der Waals surface area contributed by atoms with E-state index in [0.29, 0.717) is 6.61 Å². The van der Waals surface area contributed by atoms with Crippen molar-refractivity contribution in [2.45, 2.75) is 39.7 Å². The molecule has 0 amide bonds. The van der Waals surface area contributed by atoms with Crippen molar-refractivity contribution in [3.05, 3.63) is 56.7 Å². The quantitative estimate of drug-likeness (QED) is 0.575. The summed E-state index contributed by atoms with van der Waals surface area (Å²) in [5.74, 6) is 1.09. The van der Waals surface area contributed by atoms with E-state index >= 15 is 0 Å². The van der Waals surface area contributed by atoms with Gasteiger partial charge in [-0.25, -0.2) is 4.98 Å². The van der Waals surface area contributed by atoms with Gasteiger partial charge in [0.2, 0.25) is 0 Å². The summed E-state index contributed by atoms with van der Waals surface area (Å²) in [6.07, 6.45) is 4.02. The van der Waals surface area contributed by atoms with Crippen LogP contribution in [0, 0.1) is 20.8 Å². The average molecular weight is 426 g/mol. The lowest BCUT2D eigenvalue weighted by Crippen LogP contribution is -2.29. The molecule has 1 aliphatic heterocycles. The fraction of sp³-hybridized carbons (Fsp3) is 0.478. The minimum Gasteiger partial charge on any atom is -0.383 e. The second-order valence-corrected chi connectivity index (χ2v) is 8.99. The summed E-state index contributed by atoms with van der Waals surface area (Å²) in [7, 11) is 3.79. The lowest BCUT2D eigenvalue weighted by molar-refractivity contribution is 0.197. The molecule has 2 aromatic heterocycles. The van der Waals surface area contributed by atoms with Crippen molar-refractivity contribution in [2.24, 2.45) is 7.05 Å². The van der Waals surface area contributed by atoms with Gasteiger partial charge in [-0.1, -0.05) is 17.7 Å². The first-order valence-electron chi connectivity index (χ1n) is 10.5. The number of anilines is 2. The molecule has 0 radical (unpaired) electrons. The summed E-state index contributed by atoms with van der Waals surface area (Å²) in [6.45, 7) is 8.99. The van der Waals surface area contributed by atoms with E-state index in [1.165, 1.54) is 33.6 Å². The fourth-order valence-electron chi connectivity index (χ4n) is 4.70. The third-order valence-corrected chi connectivity index (χ3v) is 6.61. The van der Waals surface area contributed by atoms with Crippen LogP contribution in [0.2, 0.25) is 0 Å². The summed E-state index contributed by atoms with van der Waals surface area (Å²) in [5, 5.41) is 11.8. The Balaban J connectivity index is 1.78. The molecule has 1 unspecified atom stereocenters. The minimum atomic E-state index is 0.0153. The Labute approximate surface area is 182 Å². The van der Waals surface area contributed by atoms with E-state index in [9.17, 15) is 0 Å². The minimum absolute atomic E-state index is 0.0153. The van der Waals surface area contributed by atoms with E-state index in [0.717, 1.165) is 36.8 Å². The molecule has 0 fully saturated rings. The Kier molecular flexibility index (Phi) is 6.22. The Morgan fingerprint density at radius 2 is 2.00 bits per heavy atom. The maximum absolute atomic E-state index is 5.27. The molecule has 160 valence electrons. The van der Waals surface area contributed by atoms with Gasteiger partial charge < -0.3 is 15.0 Å². The van der Waals surface area contributed by atoms with E-state index < -0.39 is 0 Å². The molecule has 0 spiro atoms. The standard InChI is InChI=1S/C23H31N5OS/c1-15-13-16(2)20(17(3)14-15)28-10-6-7-18-21(27(4)26-22(18)28)19(24-8-11-29-5)23-25-9-12-30-23/h9,12-14,19,24H,6-8,10-11H2,1-5H3. The molecule has 7 heteroatoms. The van der Waals surface area contributed by atoms with Crippen molar-refractivity contribution in [1.82, 2.24) is 20.1 Å². The summed E-state index contributed by atoms with van der Waals surface area (Å²) in [5.41, 5.74) is 7.75. The zero-order valence-corrected chi connectivity index (χ0v) is 19.3. The van der Waals surface area contributed by atoms with Gasteiger partial charge in [-0.3, -0.25) is 4.68 Å². The monoisotopic (exact) mass is 425 g/mol. The van der Waals surface area contributed by atoms with Gasteiger partial charge >= 0.3 is 0 Å². The molecular formula is C23H31N5OS. The summed E-state index contributed by atoms with van der Waals surface area (Å²) >= 11 is 1.68. The SMILES string of the molecule is COCCNC(c1nccs1)c1c2c(nn1C)N(c1c(C)cc(C)cc1C)CCC2. The van der Waals surface area contributed by atoms with Crippen LogP contribution in [0.5, 0.6) is 0 Å². The van der Waals surface area contributed by atoms with Crippen LogP contribution in [0.1, 0.15) is 45.4 Å². The van der Waals surface area contributed by atoms with Crippen molar-refractivity contribution in [1.29, 1.82) is 0 Å². The molecule has 6 nitrogen and oxygen atoms in total. The van der Waals surface area contributed by atoms with Crippen molar-refractivity contribution in [3.8, 4) is 0 Å². The predicted octanol–water partition coefficient (Wildman–Crippen LogP) is 4.21. The third kappa shape index (κ3) is 3.89. The first-order valence-corrected chi connectivity index (χ1v) is 11.4. The van der Waals surface area contributed by atoms with E-state index in [-0.39, 0.29) is 6.04 Å². The summed E-state index contributed by atoms with van der Waals surface area (Å²) in [6, 6.07) is 4.55. The zero-order chi connectivity index (χ0) is 21.3. The number of nitrogens with one attached hydrogen (secondary N) is 1. The number of ether oxygens (including phenoxy) is 1. The Morgan fingerprint density at radius 1 is 1.23 bits per heavy atom. The van der Waals surface area contributed by atoms with Gasteiger partial charge in [0.25, 0.3) is 0 Å². The van der Waals surface area contributed by atoms with Gasteiger partial charge in [0.05, 0.1) is 12.3 Å². The van der Waals surface area contributed by atoms with Gasteiger partial charge in [0, 0.05) is 50.1 Å². The van der Waals surface area contributed by atoms with Crippen LogP contribution < -0.4 is 10.2 Å². The van der Waals surface area contributed by atoms with Gasteiger partial charge in [0.1, 0.15) is 11.0 Å². The number of methoxy groups -OCH3 is 1. The van der Waals surface area contributed by atoms with Gasteiger partial charge in [-0.05, 0) is 44.7 Å². The number of nitrogens with zero attached hydrogens (tertiary/aromatic N) is 4. The van der Waals surface area contributed by atoms with E-state index in [4.69, 9.17) is 9.84 Å². The summed E-state index contributed by atoms with van der Waals surface area (Å²) in [4.78, 5) is 7.03. The highest BCUT2D eigenvalue weighted by molar-refractivity contribution is 7.09. The molecule has 0 saturated heterocycles. The number of aryl methyl sites for hydroxylation is 4. The van der Waals surface area contributed by atoms with E-state index in [1.807, 2.05) is 16.3 Å². The number of hydrogen-bond donors (Lipinski definition) is 1. The molecule has 1 aromatic carbocycles. The highest BCUT2D eigenvalue weighted by atomic mass is 32.1. The topological polar surface area (TPSA) is 55.2 Å². The lowest BCUT2D eigenvalue weighted by atomic mass is 9.97. The van der Waals surface area contributed by atoms with Crippen LogP contribution in [-0.4, -0.2) is 41.6 Å². The van der Waals surface area contributed by atoms with Crippen LogP contribution in [0.4, 0.5) is 11.5 Å². The van der Waals surface area contributed by atoms with Crippen LogP contribution in [0.3, 0.4) is 0 Å². The second kappa shape index (κ2) is 8.88. The lowest BCUT2D eigenvalue weighted by Gasteiger charge is -2.31. The van der Waals surface area contributed by atoms with Crippen molar-refractivity contribution < 1.29 is 4.74 Å². The van der Waals surface area contributed by atoms with Gasteiger partial charge in [-0.2, -0.15) is 5.10 Å². The van der Waals surface area contributed by atoms with Crippen molar-refractivity contribution >= 4 is 22.8 Å². The number of thiazole rings is 1. The number of rotatable bonds is 7. The molecule has 1 atom stereocenters. The van der Waals surface area contributed by atoms with Crippen LogP contribution >= 0.6 is 11.3 Å². The molecule has 1 aliphatic rings. The molecule has 1 N–H and O–H groups in total. The molecule has 0 aliphatic carbocycles. The Morgan fingerprint density at radius 3 is 2.67 bits per heavy atom. The molecule has 30 heavy (non-hydrogen) atoms. The van der Waals surface area contributed by atoms with Crippen molar-refractivity contribution in [2.75, 3.05) is 31.7 Å².